The summed E-state index contributed by atoms with van der Waals surface area (Å²) >= 11 is 5.22. The molecule has 1 aromatic carbocycles. The van der Waals surface area contributed by atoms with Gasteiger partial charge in [0.05, 0.1) is 0 Å². The first-order valence-electron chi connectivity index (χ1n) is 7.36. The van der Waals surface area contributed by atoms with Crippen molar-refractivity contribution in [1.82, 2.24) is 14.8 Å². The van der Waals surface area contributed by atoms with Gasteiger partial charge >= 0.3 is 0 Å². The topological polar surface area (TPSA) is 42.8 Å². The Morgan fingerprint density at radius 2 is 2.00 bits per heavy atom. The largest absolute Gasteiger partial charge is 0.483 e. The van der Waals surface area contributed by atoms with Crippen molar-refractivity contribution in [3.8, 4) is 5.75 Å². The number of hydrogen-bond acceptors (Lipinski definition) is 3. The van der Waals surface area contributed by atoms with Crippen molar-refractivity contribution in [3.63, 3.8) is 0 Å². The second-order valence-corrected chi connectivity index (χ2v) is 6.71. The van der Waals surface area contributed by atoms with E-state index in [4.69, 9.17) is 17.0 Å². The van der Waals surface area contributed by atoms with Crippen molar-refractivity contribution < 1.29 is 4.74 Å². The number of hydrogen-bond donors (Lipinski definition) is 1. The first-order valence-corrected chi connectivity index (χ1v) is 7.77. The lowest BCUT2D eigenvalue weighted by molar-refractivity contribution is 0.211. The van der Waals surface area contributed by atoms with Crippen LogP contribution in [-0.4, -0.2) is 14.8 Å². The number of rotatable bonds is 5. The Morgan fingerprint density at radius 3 is 2.55 bits per heavy atom. The van der Waals surface area contributed by atoms with Gasteiger partial charge in [0.2, 0.25) is 0 Å². The summed E-state index contributed by atoms with van der Waals surface area (Å²) < 4.78 is 8.45. The molecule has 118 valence electrons. The number of benzene rings is 1. The van der Waals surface area contributed by atoms with Gasteiger partial charge in [-0.3, -0.25) is 9.67 Å². The van der Waals surface area contributed by atoms with E-state index in [9.17, 15) is 0 Å². The van der Waals surface area contributed by atoms with E-state index in [2.05, 4.69) is 49.7 Å². The van der Waals surface area contributed by atoms with Crippen molar-refractivity contribution in [2.24, 2.45) is 0 Å². The monoisotopic (exact) mass is 317 g/mol. The van der Waals surface area contributed by atoms with Crippen LogP contribution in [0.15, 0.2) is 36.9 Å². The minimum absolute atomic E-state index is 0.135. The molecular weight excluding hydrogens is 294 g/mol. The van der Waals surface area contributed by atoms with Gasteiger partial charge in [-0.25, -0.2) is 0 Å². The van der Waals surface area contributed by atoms with E-state index in [0.717, 1.165) is 11.6 Å². The lowest BCUT2D eigenvalue weighted by atomic mass is 9.87. The molecule has 0 aliphatic heterocycles. The molecule has 5 heteroatoms. The Labute approximate surface area is 136 Å². The van der Waals surface area contributed by atoms with Gasteiger partial charge in [-0.15, -0.1) is 6.58 Å². The number of aromatic amines is 1. The average Bonchev–Trinajstić information content (AvgIpc) is 2.80. The van der Waals surface area contributed by atoms with Crippen molar-refractivity contribution >= 4 is 12.2 Å². The highest BCUT2D eigenvalue weighted by molar-refractivity contribution is 7.71. The van der Waals surface area contributed by atoms with E-state index in [1.54, 1.807) is 6.08 Å². The number of ether oxygens (including phenoxy) is 1. The minimum atomic E-state index is -0.201. The van der Waals surface area contributed by atoms with Crippen LogP contribution in [0.3, 0.4) is 0 Å². The zero-order valence-corrected chi connectivity index (χ0v) is 14.4. The summed E-state index contributed by atoms with van der Waals surface area (Å²) in [6.07, 6.45) is 1.59. The van der Waals surface area contributed by atoms with Crippen LogP contribution in [0.4, 0.5) is 0 Å². The fourth-order valence-corrected chi connectivity index (χ4v) is 2.45. The van der Waals surface area contributed by atoms with Crippen molar-refractivity contribution in [2.45, 2.75) is 45.8 Å². The molecule has 0 aliphatic carbocycles. The summed E-state index contributed by atoms with van der Waals surface area (Å²) in [6, 6.07) is 8.19. The van der Waals surface area contributed by atoms with Gasteiger partial charge in [0.15, 0.2) is 16.7 Å². The zero-order chi connectivity index (χ0) is 16.3. The second kappa shape index (κ2) is 6.48. The summed E-state index contributed by atoms with van der Waals surface area (Å²) in [6.45, 7) is 12.9. The molecule has 0 bridgehead atoms. The third kappa shape index (κ3) is 3.65. The normalized spacial score (nSPS) is 12.9. The number of allylic oxidation sites excluding steroid dienone is 1. The summed E-state index contributed by atoms with van der Waals surface area (Å²) in [5.74, 6) is 1.59. The molecule has 0 aliphatic rings. The summed E-state index contributed by atoms with van der Waals surface area (Å²) in [7, 11) is 0. The molecule has 0 amide bonds. The molecule has 1 heterocycles. The van der Waals surface area contributed by atoms with Crippen molar-refractivity contribution in [2.75, 3.05) is 0 Å². The maximum Gasteiger partial charge on any atom is 0.195 e. The fraction of sp³-hybridized carbons (Fsp3) is 0.412. The van der Waals surface area contributed by atoms with Crippen LogP contribution in [-0.2, 0) is 12.0 Å². The Hall–Kier alpha value is -1.88. The number of aromatic nitrogens is 3. The van der Waals surface area contributed by atoms with Crippen LogP contribution < -0.4 is 4.74 Å². The van der Waals surface area contributed by atoms with E-state index >= 15 is 0 Å². The third-order valence-corrected chi connectivity index (χ3v) is 3.81. The Balaban J connectivity index is 2.17. The Kier molecular flexibility index (Phi) is 4.86. The van der Waals surface area contributed by atoms with E-state index in [0.29, 0.717) is 11.3 Å². The van der Waals surface area contributed by atoms with Crippen LogP contribution in [0.1, 0.15) is 45.2 Å². The van der Waals surface area contributed by atoms with Crippen LogP contribution in [0.2, 0.25) is 0 Å². The molecule has 1 aromatic heterocycles. The van der Waals surface area contributed by atoms with Gasteiger partial charge in [-0.05, 0) is 42.3 Å². The molecule has 1 unspecified atom stereocenters. The van der Waals surface area contributed by atoms with E-state index in [1.807, 2.05) is 23.6 Å². The Morgan fingerprint density at radius 1 is 1.36 bits per heavy atom. The summed E-state index contributed by atoms with van der Waals surface area (Å²) in [5, 5.41) is 7.07. The van der Waals surface area contributed by atoms with Crippen LogP contribution >= 0.6 is 12.2 Å². The molecule has 0 saturated carbocycles. The molecule has 1 N–H and O–H groups in total. The minimum Gasteiger partial charge on any atom is -0.483 e. The van der Waals surface area contributed by atoms with Gasteiger partial charge in [0.25, 0.3) is 0 Å². The molecule has 2 aromatic rings. The molecular formula is C17H23N3OS. The highest BCUT2D eigenvalue weighted by Crippen LogP contribution is 2.26. The number of nitrogens with zero attached hydrogens (tertiary/aromatic N) is 2. The average molecular weight is 317 g/mol. The molecule has 0 saturated heterocycles. The first-order chi connectivity index (χ1) is 10.3. The van der Waals surface area contributed by atoms with Crippen molar-refractivity contribution in [3.05, 3.63) is 53.1 Å². The molecule has 0 fully saturated rings. The standard InChI is InChI=1S/C17H23N3OS/c1-6-11-20-15(18-19-16(20)22)12(2)21-14-9-7-13(8-10-14)17(3,4)5/h6-10,12H,1,11H2,2-5H3,(H,19,22). The summed E-state index contributed by atoms with van der Waals surface area (Å²) in [4.78, 5) is 0. The molecule has 22 heavy (non-hydrogen) atoms. The first kappa shape index (κ1) is 16.5. The number of nitrogens with one attached hydrogen (secondary N) is 1. The van der Waals surface area contributed by atoms with Gasteiger partial charge in [-0.2, -0.15) is 5.10 Å². The predicted molar refractivity (Wildman–Crippen MR) is 91.8 cm³/mol. The molecule has 0 spiro atoms. The highest BCUT2D eigenvalue weighted by Gasteiger charge is 2.17. The highest BCUT2D eigenvalue weighted by atomic mass is 32.1. The second-order valence-electron chi connectivity index (χ2n) is 6.32. The summed E-state index contributed by atoms with van der Waals surface area (Å²) in [5.41, 5.74) is 1.41. The van der Waals surface area contributed by atoms with Crippen LogP contribution in [0, 0.1) is 4.77 Å². The molecule has 0 radical (unpaired) electrons. The van der Waals surface area contributed by atoms with Crippen molar-refractivity contribution in [1.29, 1.82) is 0 Å². The lowest BCUT2D eigenvalue weighted by Gasteiger charge is -2.20. The lowest BCUT2D eigenvalue weighted by Crippen LogP contribution is -2.13. The van der Waals surface area contributed by atoms with E-state index in [-0.39, 0.29) is 11.5 Å². The quantitative estimate of drug-likeness (QED) is 0.649. The maximum absolute atomic E-state index is 5.98. The van der Waals surface area contributed by atoms with E-state index < -0.39 is 0 Å². The SMILES string of the molecule is C=CCn1c(C(C)Oc2ccc(C(C)(C)C)cc2)n[nH]c1=S. The van der Waals surface area contributed by atoms with E-state index in [1.165, 1.54) is 5.56 Å². The zero-order valence-electron chi connectivity index (χ0n) is 13.6. The molecule has 2 rings (SSSR count). The molecule has 4 nitrogen and oxygen atoms in total. The van der Waals surface area contributed by atoms with Gasteiger partial charge < -0.3 is 4.74 Å². The maximum atomic E-state index is 5.98. The predicted octanol–water partition coefficient (Wildman–Crippen LogP) is 4.56. The van der Waals surface area contributed by atoms with Gasteiger partial charge in [0, 0.05) is 6.54 Å². The number of H-pyrrole nitrogens is 1. The van der Waals surface area contributed by atoms with Gasteiger partial charge in [0.1, 0.15) is 5.75 Å². The third-order valence-electron chi connectivity index (χ3n) is 3.50. The fourth-order valence-electron chi connectivity index (χ4n) is 2.24. The van der Waals surface area contributed by atoms with Gasteiger partial charge in [-0.1, -0.05) is 39.0 Å². The van der Waals surface area contributed by atoms with Crippen LogP contribution in [0.5, 0.6) is 5.75 Å². The Bertz CT molecular complexity index is 692. The smallest absolute Gasteiger partial charge is 0.195 e. The van der Waals surface area contributed by atoms with Crippen LogP contribution in [0.25, 0.3) is 0 Å². The molecule has 1 atom stereocenters.